The SMILES string of the molecule is Cc1ccc(C(C)NS(=O)(=O)Cc2ccccc2F)c(C)c1. The number of hydrogen-bond donors (Lipinski definition) is 1. The second-order valence-electron chi connectivity index (χ2n) is 5.55. The molecule has 0 fully saturated rings. The number of halogens is 1. The molecule has 0 aromatic heterocycles. The molecule has 0 spiro atoms. The Kier molecular flexibility index (Phi) is 4.98. The molecule has 1 N–H and O–H groups in total. The van der Waals surface area contributed by atoms with Gasteiger partial charge in [0.05, 0.1) is 5.75 Å². The van der Waals surface area contributed by atoms with E-state index in [9.17, 15) is 12.8 Å². The molecule has 1 unspecified atom stereocenters. The second-order valence-corrected chi connectivity index (χ2v) is 7.30. The van der Waals surface area contributed by atoms with Gasteiger partial charge in [-0.2, -0.15) is 0 Å². The van der Waals surface area contributed by atoms with Crippen LogP contribution in [0.1, 0.15) is 35.2 Å². The molecule has 118 valence electrons. The first-order valence-electron chi connectivity index (χ1n) is 7.09. The first-order valence-corrected chi connectivity index (χ1v) is 8.74. The summed E-state index contributed by atoms with van der Waals surface area (Å²) in [5.41, 5.74) is 3.24. The summed E-state index contributed by atoms with van der Waals surface area (Å²) in [6, 6.07) is 11.4. The van der Waals surface area contributed by atoms with Gasteiger partial charge in [0.15, 0.2) is 0 Å². The van der Waals surface area contributed by atoms with Crippen LogP contribution in [-0.4, -0.2) is 8.42 Å². The molecular weight excluding hydrogens is 301 g/mol. The average molecular weight is 321 g/mol. The first-order chi connectivity index (χ1) is 10.3. The summed E-state index contributed by atoms with van der Waals surface area (Å²) in [5.74, 6) is -0.874. The van der Waals surface area contributed by atoms with Crippen LogP contribution < -0.4 is 4.72 Å². The van der Waals surface area contributed by atoms with Gasteiger partial charge in [-0.3, -0.25) is 0 Å². The molecule has 0 saturated carbocycles. The van der Waals surface area contributed by atoms with Gasteiger partial charge in [-0.25, -0.2) is 17.5 Å². The molecule has 0 aliphatic rings. The molecular formula is C17H20FNO2S. The van der Waals surface area contributed by atoms with Gasteiger partial charge in [-0.1, -0.05) is 42.0 Å². The Labute approximate surface area is 131 Å². The zero-order valence-electron chi connectivity index (χ0n) is 12.9. The van der Waals surface area contributed by atoms with Gasteiger partial charge in [0, 0.05) is 11.6 Å². The van der Waals surface area contributed by atoms with E-state index in [-0.39, 0.29) is 17.4 Å². The largest absolute Gasteiger partial charge is 0.216 e. The van der Waals surface area contributed by atoms with Crippen molar-refractivity contribution < 1.29 is 12.8 Å². The van der Waals surface area contributed by atoms with Crippen molar-refractivity contribution in [2.24, 2.45) is 0 Å². The Morgan fingerprint density at radius 1 is 1.14 bits per heavy atom. The fourth-order valence-corrected chi connectivity index (χ4v) is 3.90. The maximum atomic E-state index is 13.6. The third-order valence-electron chi connectivity index (χ3n) is 3.55. The van der Waals surface area contributed by atoms with Gasteiger partial charge in [0.25, 0.3) is 0 Å². The smallest absolute Gasteiger partial charge is 0.212 e. The van der Waals surface area contributed by atoms with Crippen LogP contribution in [0.15, 0.2) is 42.5 Å². The average Bonchev–Trinajstić information content (AvgIpc) is 2.40. The van der Waals surface area contributed by atoms with Gasteiger partial charge in [-0.05, 0) is 38.0 Å². The monoisotopic (exact) mass is 321 g/mol. The lowest BCUT2D eigenvalue weighted by Gasteiger charge is -2.17. The lowest BCUT2D eigenvalue weighted by atomic mass is 10.0. The molecule has 0 saturated heterocycles. The molecule has 2 aromatic carbocycles. The fourth-order valence-electron chi connectivity index (χ4n) is 2.51. The minimum atomic E-state index is -3.62. The molecule has 2 rings (SSSR count). The van der Waals surface area contributed by atoms with Crippen LogP contribution in [0.25, 0.3) is 0 Å². The van der Waals surface area contributed by atoms with Crippen LogP contribution in [0.4, 0.5) is 4.39 Å². The molecule has 0 bridgehead atoms. The van der Waals surface area contributed by atoms with Gasteiger partial charge in [-0.15, -0.1) is 0 Å². The maximum Gasteiger partial charge on any atom is 0.216 e. The highest BCUT2D eigenvalue weighted by molar-refractivity contribution is 7.88. The molecule has 3 nitrogen and oxygen atoms in total. The molecule has 0 radical (unpaired) electrons. The predicted molar refractivity (Wildman–Crippen MR) is 86.5 cm³/mol. The Morgan fingerprint density at radius 3 is 2.45 bits per heavy atom. The number of benzene rings is 2. The van der Waals surface area contributed by atoms with Crippen molar-refractivity contribution in [3.05, 3.63) is 70.5 Å². The van der Waals surface area contributed by atoms with Crippen molar-refractivity contribution in [2.45, 2.75) is 32.6 Å². The molecule has 0 heterocycles. The van der Waals surface area contributed by atoms with E-state index in [4.69, 9.17) is 0 Å². The number of nitrogens with one attached hydrogen (secondary N) is 1. The lowest BCUT2D eigenvalue weighted by molar-refractivity contribution is 0.561. The maximum absolute atomic E-state index is 13.6. The van der Waals surface area contributed by atoms with Crippen molar-refractivity contribution >= 4 is 10.0 Å². The van der Waals surface area contributed by atoms with E-state index < -0.39 is 15.8 Å². The lowest BCUT2D eigenvalue weighted by Crippen LogP contribution is -2.28. The summed E-state index contributed by atoms with van der Waals surface area (Å²) >= 11 is 0. The number of hydrogen-bond acceptors (Lipinski definition) is 2. The molecule has 2 aromatic rings. The van der Waals surface area contributed by atoms with E-state index in [1.807, 2.05) is 32.0 Å². The fraction of sp³-hybridized carbons (Fsp3) is 0.294. The molecule has 1 atom stereocenters. The van der Waals surface area contributed by atoms with Crippen LogP contribution >= 0.6 is 0 Å². The third kappa shape index (κ3) is 4.15. The standard InChI is InChI=1S/C17H20FNO2S/c1-12-8-9-16(13(2)10-12)14(3)19-22(20,21)11-15-6-4-5-7-17(15)18/h4-10,14,19H,11H2,1-3H3. The molecule has 0 aliphatic carbocycles. The summed E-state index contributed by atoms with van der Waals surface area (Å²) in [6.45, 7) is 5.73. The van der Waals surface area contributed by atoms with E-state index in [0.29, 0.717) is 0 Å². The van der Waals surface area contributed by atoms with Crippen molar-refractivity contribution in [1.29, 1.82) is 0 Å². The van der Waals surface area contributed by atoms with E-state index in [1.54, 1.807) is 13.0 Å². The molecule has 5 heteroatoms. The van der Waals surface area contributed by atoms with E-state index in [1.165, 1.54) is 18.2 Å². The molecule has 0 aliphatic heterocycles. The Balaban J connectivity index is 2.16. The van der Waals surface area contributed by atoms with Gasteiger partial charge >= 0.3 is 0 Å². The minimum Gasteiger partial charge on any atom is -0.212 e. The summed E-state index contributed by atoms with van der Waals surface area (Å²) in [6.07, 6.45) is 0. The van der Waals surface area contributed by atoms with Crippen LogP contribution in [0.5, 0.6) is 0 Å². The van der Waals surface area contributed by atoms with Crippen LogP contribution in [-0.2, 0) is 15.8 Å². The highest BCUT2D eigenvalue weighted by Crippen LogP contribution is 2.20. The van der Waals surface area contributed by atoms with E-state index in [2.05, 4.69) is 4.72 Å². The van der Waals surface area contributed by atoms with E-state index >= 15 is 0 Å². The minimum absolute atomic E-state index is 0.169. The van der Waals surface area contributed by atoms with Crippen molar-refractivity contribution in [2.75, 3.05) is 0 Å². The Bertz CT molecular complexity index is 772. The van der Waals surface area contributed by atoms with Gasteiger partial charge in [0.1, 0.15) is 5.82 Å². The van der Waals surface area contributed by atoms with Crippen LogP contribution in [0.2, 0.25) is 0 Å². The molecule has 0 amide bonds. The van der Waals surface area contributed by atoms with Crippen molar-refractivity contribution in [3.8, 4) is 0 Å². The Morgan fingerprint density at radius 2 is 1.82 bits per heavy atom. The second kappa shape index (κ2) is 6.58. The Hall–Kier alpha value is -1.72. The normalized spacial score (nSPS) is 13.1. The summed E-state index contributed by atoms with van der Waals surface area (Å²) in [5, 5.41) is 0. The van der Waals surface area contributed by atoms with Crippen molar-refractivity contribution in [3.63, 3.8) is 0 Å². The number of rotatable bonds is 5. The zero-order chi connectivity index (χ0) is 16.3. The molecule has 22 heavy (non-hydrogen) atoms. The first kappa shape index (κ1) is 16.6. The summed E-state index contributed by atoms with van der Waals surface area (Å²) in [7, 11) is -3.62. The summed E-state index contributed by atoms with van der Waals surface area (Å²) < 4.78 is 40.7. The van der Waals surface area contributed by atoms with E-state index in [0.717, 1.165) is 16.7 Å². The predicted octanol–water partition coefficient (Wildman–Crippen LogP) is 3.62. The third-order valence-corrected chi connectivity index (χ3v) is 4.96. The highest BCUT2D eigenvalue weighted by atomic mass is 32.2. The summed E-state index contributed by atoms with van der Waals surface area (Å²) in [4.78, 5) is 0. The zero-order valence-corrected chi connectivity index (χ0v) is 13.7. The highest BCUT2D eigenvalue weighted by Gasteiger charge is 2.19. The van der Waals surface area contributed by atoms with Gasteiger partial charge in [0.2, 0.25) is 10.0 Å². The quantitative estimate of drug-likeness (QED) is 0.914. The van der Waals surface area contributed by atoms with Gasteiger partial charge < -0.3 is 0 Å². The topological polar surface area (TPSA) is 46.2 Å². The van der Waals surface area contributed by atoms with Crippen LogP contribution in [0, 0.1) is 19.7 Å². The number of sulfonamides is 1. The van der Waals surface area contributed by atoms with Crippen molar-refractivity contribution in [1.82, 2.24) is 4.72 Å². The number of aryl methyl sites for hydroxylation is 2. The van der Waals surface area contributed by atoms with Crippen LogP contribution in [0.3, 0.4) is 0 Å².